The molecule has 1 fully saturated rings. The smallest absolute Gasteiger partial charge is 0.329 e. The van der Waals surface area contributed by atoms with Crippen molar-refractivity contribution in [3.8, 4) is 0 Å². The quantitative estimate of drug-likeness (QED) is 0.824. The van der Waals surface area contributed by atoms with E-state index in [4.69, 9.17) is 0 Å². The maximum Gasteiger partial charge on any atom is 0.329 e. The van der Waals surface area contributed by atoms with Gasteiger partial charge in [0.05, 0.1) is 0 Å². The van der Waals surface area contributed by atoms with E-state index in [-0.39, 0.29) is 5.69 Å². The average molecular weight is 279 g/mol. The van der Waals surface area contributed by atoms with Crippen LogP contribution in [0.1, 0.15) is 54.7 Å². The van der Waals surface area contributed by atoms with E-state index in [1.807, 2.05) is 6.92 Å². The summed E-state index contributed by atoms with van der Waals surface area (Å²) in [6.07, 6.45) is 4.67. The van der Waals surface area contributed by atoms with Crippen LogP contribution >= 0.6 is 0 Å². The molecule has 1 aliphatic rings. The Morgan fingerprint density at radius 2 is 1.90 bits per heavy atom. The lowest BCUT2D eigenvalue weighted by Gasteiger charge is -2.28. The van der Waals surface area contributed by atoms with Crippen LogP contribution in [-0.4, -0.2) is 32.3 Å². The summed E-state index contributed by atoms with van der Waals surface area (Å²) in [6.45, 7) is 1.85. The molecular weight excluding hydrogens is 258 g/mol. The molecule has 0 unspecified atom stereocenters. The summed E-state index contributed by atoms with van der Waals surface area (Å²) in [6, 6.07) is 1.67. The molecule has 0 radical (unpaired) electrons. The average Bonchev–Trinajstić information content (AvgIpc) is 2.62. The predicted octanol–water partition coefficient (Wildman–Crippen LogP) is 1.64. The molecule has 1 aliphatic carbocycles. The molecule has 20 heavy (non-hydrogen) atoms. The molecule has 0 bridgehead atoms. The van der Waals surface area contributed by atoms with Crippen molar-refractivity contribution >= 4 is 11.9 Å². The molecule has 0 atom stereocenters. The molecule has 0 saturated heterocycles. The Bertz CT molecular complexity index is 494. The first-order chi connectivity index (χ1) is 9.44. The molecule has 2 N–H and O–H groups in total. The van der Waals surface area contributed by atoms with Gasteiger partial charge in [-0.3, -0.25) is 9.48 Å². The van der Waals surface area contributed by atoms with Crippen LogP contribution in [0.5, 0.6) is 0 Å². The van der Waals surface area contributed by atoms with Crippen molar-refractivity contribution in [3.63, 3.8) is 0 Å². The second kappa shape index (κ2) is 5.64. The summed E-state index contributed by atoms with van der Waals surface area (Å²) < 4.78 is 1.61. The van der Waals surface area contributed by atoms with Gasteiger partial charge in [-0.25, -0.2) is 4.79 Å². The molecule has 1 heterocycles. The molecule has 1 amide bonds. The third kappa shape index (κ3) is 2.84. The Hall–Kier alpha value is -1.85. The Morgan fingerprint density at radius 1 is 1.30 bits per heavy atom. The lowest BCUT2D eigenvalue weighted by atomic mass is 9.90. The molecule has 110 valence electrons. The number of aliphatic carboxylic acids is 1. The number of carboxylic acid groups (broad SMARTS) is 1. The third-order valence-corrected chi connectivity index (χ3v) is 4.07. The second-order valence-electron chi connectivity index (χ2n) is 5.55. The van der Waals surface area contributed by atoms with Crippen LogP contribution in [0, 0.1) is 6.92 Å². The zero-order valence-corrected chi connectivity index (χ0v) is 12.0. The Labute approximate surface area is 118 Å². The van der Waals surface area contributed by atoms with Gasteiger partial charge in [0.15, 0.2) is 0 Å². The number of carbonyl (C=O) groups excluding carboxylic acids is 1. The number of nitrogens with zero attached hydrogens (tertiary/aromatic N) is 2. The highest BCUT2D eigenvalue weighted by Gasteiger charge is 2.40. The van der Waals surface area contributed by atoms with Crippen LogP contribution < -0.4 is 5.32 Å². The van der Waals surface area contributed by atoms with E-state index in [0.717, 1.165) is 31.4 Å². The molecule has 1 aromatic heterocycles. The number of amides is 1. The maximum atomic E-state index is 12.3. The standard InChI is InChI=1S/C14H21N3O3/c1-10-9-11(16-17(10)2)12(18)15-14(13(19)20)7-5-3-4-6-8-14/h9H,3-8H2,1-2H3,(H,15,18)(H,19,20). The van der Waals surface area contributed by atoms with E-state index in [9.17, 15) is 14.7 Å². The van der Waals surface area contributed by atoms with Crippen molar-refractivity contribution in [2.45, 2.75) is 51.0 Å². The normalized spacial score (nSPS) is 18.3. The summed E-state index contributed by atoms with van der Waals surface area (Å²) in [4.78, 5) is 23.9. The van der Waals surface area contributed by atoms with Crippen LogP contribution in [-0.2, 0) is 11.8 Å². The minimum absolute atomic E-state index is 0.273. The summed E-state index contributed by atoms with van der Waals surface area (Å²) in [5.74, 6) is -1.35. The molecular formula is C14H21N3O3. The van der Waals surface area contributed by atoms with E-state index < -0.39 is 17.4 Å². The van der Waals surface area contributed by atoms with Gasteiger partial charge in [-0.05, 0) is 25.8 Å². The van der Waals surface area contributed by atoms with Gasteiger partial charge in [0.2, 0.25) is 0 Å². The largest absolute Gasteiger partial charge is 0.480 e. The van der Waals surface area contributed by atoms with Crippen molar-refractivity contribution in [2.24, 2.45) is 7.05 Å². The van der Waals surface area contributed by atoms with E-state index in [1.165, 1.54) is 0 Å². The summed E-state index contributed by atoms with van der Waals surface area (Å²) in [5, 5.41) is 16.3. The summed E-state index contributed by atoms with van der Waals surface area (Å²) >= 11 is 0. The van der Waals surface area contributed by atoms with Gasteiger partial charge < -0.3 is 10.4 Å². The molecule has 1 aromatic rings. The van der Waals surface area contributed by atoms with Gasteiger partial charge in [-0.15, -0.1) is 0 Å². The number of nitrogens with one attached hydrogen (secondary N) is 1. The molecule has 0 aliphatic heterocycles. The lowest BCUT2D eigenvalue weighted by Crippen LogP contribution is -2.54. The van der Waals surface area contributed by atoms with Crippen molar-refractivity contribution < 1.29 is 14.7 Å². The van der Waals surface area contributed by atoms with Crippen LogP contribution in [0.2, 0.25) is 0 Å². The number of rotatable bonds is 3. The first-order valence-electron chi connectivity index (χ1n) is 7.01. The maximum absolute atomic E-state index is 12.3. The predicted molar refractivity (Wildman–Crippen MR) is 73.5 cm³/mol. The third-order valence-electron chi connectivity index (χ3n) is 4.07. The molecule has 6 nitrogen and oxygen atoms in total. The lowest BCUT2D eigenvalue weighted by molar-refractivity contribution is -0.145. The second-order valence-corrected chi connectivity index (χ2v) is 5.55. The zero-order valence-electron chi connectivity index (χ0n) is 12.0. The summed E-state index contributed by atoms with van der Waals surface area (Å²) in [7, 11) is 1.75. The fraction of sp³-hybridized carbons (Fsp3) is 0.643. The van der Waals surface area contributed by atoms with Crippen LogP contribution in [0.4, 0.5) is 0 Å². The van der Waals surface area contributed by atoms with Gasteiger partial charge >= 0.3 is 5.97 Å². The van der Waals surface area contributed by atoms with Gasteiger partial charge in [-0.1, -0.05) is 25.7 Å². The number of hydrogen-bond acceptors (Lipinski definition) is 3. The Kier molecular flexibility index (Phi) is 4.11. The molecule has 1 saturated carbocycles. The minimum atomic E-state index is -1.14. The topological polar surface area (TPSA) is 84.2 Å². The number of aryl methyl sites for hydroxylation is 2. The van der Waals surface area contributed by atoms with E-state index in [2.05, 4.69) is 10.4 Å². The van der Waals surface area contributed by atoms with E-state index >= 15 is 0 Å². The first-order valence-corrected chi connectivity index (χ1v) is 7.01. The Morgan fingerprint density at radius 3 is 2.35 bits per heavy atom. The molecule has 0 spiro atoms. The fourth-order valence-electron chi connectivity index (χ4n) is 2.68. The molecule has 0 aromatic carbocycles. The minimum Gasteiger partial charge on any atom is -0.480 e. The highest BCUT2D eigenvalue weighted by Crippen LogP contribution is 2.27. The van der Waals surface area contributed by atoms with Crippen molar-refractivity contribution in [2.75, 3.05) is 0 Å². The number of hydrogen-bond donors (Lipinski definition) is 2. The SMILES string of the molecule is Cc1cc(C(=O)NC2(C(=O)O)CCCCCC2)nn1C. The number of carboxylic acids is 1. The van der Waals surface area contributed by atoms with Gasteiger partial charge in [0.25, 0.3) is 5.91 Å². The first kappa shape index (κ1) is 14.6. The Balaban J connectivity index is 2.19. The number of aromatic nitrogens is 2. The zero-order chi connectivity index (χ0) is 14.8. The monoisotopic (exact) mass is 279 g/mol. The van der Waals surface area contributed by atoms with Crippen molar-refractivity contribution in [1.82, 2.24) is 15.1 Å². The van der Waals surface area contributed by atoms with Gasteiger partial charge in [0.1, 0.15) is 11.2 Å². The number of carbonyl (C=O) groups is 2. The van der Waals surface area contributed by atoms with Crippen LogP contribution in [0.3, 0.4) is 0 Å². The van der Waals surface area contributed by atoms with Crippen LogP contribution in [0.15, 0.2) is 6.07 Å². The van der Waals surface area contributed by atoms with Crippen LogP contribution in [0.25, 0.3) is 0 Å². The fourth-order valence-corrected chi connectivity index (χ4v) is 2.68. The molecule has 2 rings (SSSR count). The van der Waals surface area contributed by atoms with Crippen molar-refractivity contribution in [1.29, 1.82) is 0 Å². The molecule has 6 heteroatoms. The van der Waals surface area contributed by atoms with Gasteiger partial charge in [-0.2, -0.15) is 5.10 Å². The summed E-state index contributed by atoms with van der Waals surface area (Å²) in [5.41, 5.74) is -0.00537. The van der Waals surface area contributed by atoms with Gasteiger partial charge in [0, 0.05) is 12.7 Å². The van der Waals surface area contributed by atoms with E-state index in [1.54, 1.807) is 17.8 Å². The highest BCUT2D eigenvalue weighted by molar-refractivity contribution is 5.96. The van der Waals surface area contributed by atoms with Crippen molar-refractivity contribution in [3.05, 3.63) is 17.5 Å². The van der Waals surface area contributed by atoms with E-state index in [0.29, 0.717) is 12.8 Å². The highest BCUT2D eigenvalue weighted by atomic mass is 16.4.